The largest absolute Gasteiger partial charge is 0.507 e. The Hall–Kier alpha value is -3.66. The van der Waals surface area contributed by atoms with Crippen LogP contribution < -0.4 is 4.74 Å². The summed E-state index contributed by atoms with van der Waals surface area (Å²) in [6.07, 6.45) is -9.55. The molecule has 11 heteroatoms. The van der Waals surface area contributed by atoms with Crippen molar-refractivity contribution >= 4 is 11.6 Å². The van der Waals surface area contributed by atoms with Gasteiger partial charge in [-0.2, -0.15) is 31.4 Å². The molecule has 0 atom stereocenters. The Morgan fingerprint density at radius 1 is 0.889 bits per heavy atom. The van der Waals surface area contributed by atoms with Gasteiger partial charge in [0.2, 0.25) is 0 Å². The first-order chi connectivity index (χ1) is 16.8. The topological polar surface area (TPSA) is 47.3 Å². The second kappa shape index (κ2) is 9.42. The Labute approximate surface area is 206 Å². The minimum atomic E-state index is -4.90. The van der Waals surface area contributed by atoms with E-state index in [2.05, 4.69) is 5.10 Å². The fourth-order valence-electron chi connectivity index (χ4n) is 3.68. The van der Waals surface area contributed by atoms with E-state index in [0.29, 0.717) is 17.2 Å². The van der Waals surface area contributed by atoms with Gasteiger partial charge < -0.3 is 9.84 Å². The molecule has 0 spiro atoms. The summed E-state index contributed by atoms with van der Waals surface area (Å²) in [4.78, 5) is 0. The highest BCUT2D eigenvalue weighted by atomic mass is 35.5. The first kappa shape index (κ1) is 25.4. The number of phenolic OH excluding ortho intramolecular Hbond substituents is 1. The molecular formula is C25H17ClF6N2O2. The van der Waals surface area contributed by atoms with E-state index in [1.54, 1.807) is 24.3 Å². The zero-order valence-corrected chi connectivity index (χ0v) is 19.2. The van der Waals surface area contributed by atoms with E-state index in [1.165, 1.54) is 25.2 Å². The molecule has 1 aromatic heterocycles. The number of benzene rings is 3. The summed E-state index contributed by atoms with van der Waals surface area (Å²) in [5.41, 5.74) is -2.21. The van der Waals surface area contributed by atoms with Gasteiger partial charge in [0.1, 0.15) is 18.1 Å². The zero-order chi connectivity index (χ0) is 26.3. The molecule has 1 N–H and O–H groups in total. The minimum Gasteiger partial charge on any atom is -0.507 e. The van der Waals surface area contributed by atoms with Crippen molar-refractivity contribution < 1.29 is 36.2 Å². The number of aryl methyl sites for hydroxylation is 1. The fourth-order valence-corrected chi connectivity index (χ4v) is 3.81. The molecule has 0 aliphatic carbocycles. The van der Waals surface area contributed by atoms with Crippen LogP contribution in [-0.2, 0) is 26.0 Å². The lowest BCUT2D eigenvalue weighted by Crippen LogP contribution is -2.08. The summed E-state index contributed by atoms with van der Waals surface area (Å²) in [7, 11) is 1.25. The molecule has 0 aliphatic heterocycles. The summed E-state index contributed by atoms with van der Waals surface area (Å²) in [6.45, 7) is 0.149. The lowest BCUT2D eigenvalue weighted by Gasteiger charge is -2.13. The summed E-state index contributed by atoms with van der Waals surface area (Å²) in [5.74, 6) is -0.144. The van der Waals surface area contributed by atoms with E-state index in [4.69, 9.17) is 16.3 Å². The first-order valence-corrected chi connectivity index (χ1v) is 10.7. The number of aromatic hydroxyl groups is 1. The number of phenols is 1. The zero-order valence-electron chi connectivity index (χ0n) is 18.5. The van der Waals surface area contributed by atoms with Gasteiger partial charge >= 0.3 is 12.4 Å². The maximum absolute atomic E-state index is 13.8. The summed E-state index contributed by atoms with van der Waals surface area (Å²) >= 11 is 5.85. The molecule has 0 aliphatic rings. The van der Waals surface area contributed by atoms with Crippen LogP contribution in [0.15, 0.2) is 66.7 Å². The minimum absolute atomic E-state index is 0.00533. The van der Waals surface area contributed by atoms with Crippen LogP contribution in [0.4, 0.5) is 26.3 Å². The van der Waals surface area contributed by atoms with Gasteiger partial charge in [-0.3, -0.25) is 4.68 Å². The molecule has 4 nitrogen and oxygen atoms in total. The summed E-state index contributed by atoms with van der Waals surface area (Å²) in [5, 5.41) is 14.8. The Kier molecular flexibility index (Phi) is 6.66. The molecular weight excluding hydrogens is 510 g/mol. The molecule has 0 amide bonds. The van der Waals surface area contributed by atoms with Gasteiger partial charge in [-0.15, -0.1) is 0 Å². The fraction of sp³-hybridized carbons (Fsp3) is 0.160. The van der Waals surface area contributed by atoms with E-state index < -0.39 is 34.9 Å². The number of halogens is 7. The normalized spacial score (nSPS) is 12.1. The van der Waals surface area contributed by atoms with Gasteiger partial charge in [0.05, 0.1) is 11.3 Å². The summed E-state index contributed by atoms with van der Waals surface area (Å²) < 4.78 is 86.9. The van der Waals surface area contributed by atoms with Crippen LogP contribution in [-0.4, -0.2) is 14.9 Å². The molecule has 4 rings (SSSR count). The van der Waals surface area contributed by atoms with Gasteiger partial charge in [-0.1, -0.05) is 35.9 Å². The van der Waals surface area contributed by atoms with Crippen LogP contribution in [0.3, 0.4) is 0 Å². The number of ether oxygens (including phenoxy) is 1. The van der Waals surface area contributed by atoms with Crippen LogP contribution in [0.2, 0.25) is 5.02 Å². The van der Waals surface area contributed by atoms with Gasteiger partial charge in [0.15, 0.2) is 5.69 Å². The number of nitrogens with zero attached hydrogens (tertiary/aromatic N) is 2. The van der Waals surface area contributed by atoms with Crippen molar-refractivity contribution in [3.05, 3.63) is 88.6 Å². The number of aromatic nitrogens is 2. The quantitative estimate of drug-likeness (QED) is 0.271. The molecule has 36 heavy (non-hydrogen) atoms. The molecule has 0 unspecified atom stereocenters. The molecule has 4 aromatic rings. The Balaban J connectivity index is 1.74. The number of rotatable bonds is 5. The standard InChI is InChI=1S/C25H17ClF6N2O2/c1-34-22(19-11-10-18(12-20(19)35)36-13-14-2-8-17(26)9-3-14)21(23(33-34)25(30,31)32)15-4-6-16(7-5-15)24(27,28)29/h2-12,35H,13H2,1H3. The van der Waals surface area contributed by atoms with Crippen molar-refractivity contribution in [3.63, 3.8) is 0 Å². The van der Waals surface area contributed by atoms with Crippen molar-refractivity contribution in [1.82, 2.24) is 9.78 Å². The predicted molar refractivity (Wildman–Crippen MR) is 122 cm³/mol. The van der Waals surface area contributed by atoms with Crippen molar-refractivity contribution in [3.8, 4) is 33.9 Å². The number of hydrogen-bond acceptors (Lipinski definition) is 3. The third-order valence-electron chi connectivity index (χ3n) is 5.36. The molecule has 1 heterocycles. The van der Waals surface area contributed by atoms with Gasteiger partial charge in [0.25, 0.3) is 0 Å². The smallest absolute Gasteiger partial charge is 0.435 e. The van der Waals surface area contributed by atoms with E-state index in [-0.39, 0.29) is 29.2 Å². The highest BCUT2D eigenvalue weighted by Gasteiger charge is 2.40. The van der Waals surface area contributed by atoms with Crippen molar-refractivity contribution in [2.24, 2.45) is 7.05 Å². The average molecular weight is 527 g/mol. The maximum atomic E-state index is 13.8. The van der Waals surface area contributed by atoms with Gasteiger partial charge in [0, 0.05) is 29.3 Å². The summed E-state index contributed by atoms with van der Waals surface area (Å²) in [6, 6.07) is 14.2. The molecule has 188 valence electrons. The Morgan fingerprint density at radius 3 is 2.08 bits per heavy atom. The van der Waals surface area contributed by atoms with E-state index in [1.807, 2.05) is 0 Å². The second-order valence-electron chi connectivity index (χ2n) is 7.86. The first-order valence-electron chi connectivity index (χ1n) is 10.4. The molecule has 3 aromatic carbocycles. The Bertz CT molecular complexity index is 1380. The van der Waals surface area contributed by atoms with Crippen LogP contribution in [0.5, 0.6) is 11.5 Å². The highest BCUT2D eigenvalue weighted by Crippen LogP contribution is 2.45. The lowest BCUT2D eigenvalue weighted by molar-refractivity contribution is -0.141. The van der Waals surface area contributed by atoms with E-state index in [9.17, 15) is 31.4 Å². The highest BCUT2D eigenvalue weighted by molar-refractivity contribution is 6.30. The van der Waals surface area contributed by atoms with E-state index >= 15 is 0 Å². The SMILES string of the molecule is Cn1nc(C(F)(F)F)c(-c2ccc(C(F)(F)F)cc2)c1-c1ccc(OCc2ccc(Cl)cc2)cc1O. The van der Waals surface area contributed by atoms with Crippen molar-refractivity contribution in [2.45, 2.75) is 19.0 Å². The van der Waals surface area contributed by atoms with Crippen LogP contribution in [0, 0.1) is 0 Å². The maximum Gasteiger partial charge on any atom is 0.435 e. The number of alkyl halides is 6. The van der Waals surface area contributed by atoms with Crippen LogP contribution in [0.25, 0.3) is 22.4 Å². The molecule has 0 radical (unpaired) electrons. The third kappa shape index (κ3) is 5.28. The van der Waals surface area contributed by atoms with Crippen LogP contribution in [0.1, 0.15) is 16.8 Å². The third-order valence-corrected chi connectivity index (χ3v) is 5.61. The van der Waals surface area contributed by atoms with Gasteiger partial charge in [-0.25, -0.2) is 0 Å². The average Bonchev–Trinajstić information content (AvgIpc) is 3.16. The monoisotopic (exact) mass is 526 g/mol. The van der Waals surface area contributed by atoms with Crippen molar-refractivity contribution in [1.29, 1.82) is 0 Å². The van der Waals surface area contributed by atoms with Crippen LogP contribution >= 0.6 is 11.6 Å². The van der Waals surface area contributed by atoms with Gasteiger partial charge in [-0.05, 0) is 47.5 Å². The molecule has 0 fully saturated rings. The second-order valence-corrected chi connectivity index (χ2v) is 8.30. The lowest BCUT2D eigenvalue weighted by atomic mass is 9.97. The molecule has 0 saturated carbocycles. The van der Waals surface area contributed by atoms with Crippen molar-refractivity contribution in [2.75, 3.05) is 0 Å². The Morgan fingerprint density at radius 2 is 1.53 bits per heavy atom. The number of hydrogen-bond donors (Lipinski definition) is 1. The van der Waals surface area contributed by atoms with E-state index in [0.717, 1.165) is 22.4 Å². The molecule has 0 bridgehead atoms. The molecule has 0 saturated heterocycles. The predicted octanol–water partition coefficient (Wildman–Crippen LogP) is 7.73.